The zero-order chi connectivity index (χ0) is 18.3. The molecule has 0 saturated carbocycles. The summed E-state index contributed by atoms with van der Waals surface area (Å²) in [6, 6.07) is 0. The Hall–Kier alpha value is -1.67. The van der Waals surface area contributed by atoms with E-state index in [1.54, 1.807) is 12.4 Å². The van der Waals surface area contributed by atoms with Gasteiger partial charge in [0, 0.05) is 23.4 Å². The van der Waals surface area contributed by atoms with E-state index in [-0.39, 0.29) is 6.54 Å². The van der Waals surface area contributed by atoms with E-state index in [1.807, 2.05) is 48.5 Å². The quantitative estimate of drug-likeness (QED) is 0.851. The minimum Gasteiger partial charge on any atom is -0.465 e. The first-order chi connectivity index (χ1) is 10.8. The van der Waals surface area contributed by atoms with Crippen molar-refractivity contribution >= 4 is 18.7 Å². The van der Waals surface area contributed by atoms with Gasteiger partial charge in [0.15, 0.2) is 0 Å². The molecule has 8 heteroatoms. The summed E-state index contributed by atoms with van der Waals surface area (Å²) in [5, 5.41) is 9.34. The molecule has 1 aromatic rings. The van der Waals surface area contributed by atoms with Crippen molar-refractivity contribution in [1.82, 2.24) is 14.9 Å². The topological polar surface area (TPSA) is 84.8 Å². The van der Waals surface area contributed by atoms with Crippen LogP contribution >= 0.6 is 0 Å². The molecular formula is C16H26BN3O4. The Balaban J connectivity index is 2.13. The average molecular weight is 335 g/mol. The van der Waals surface area contributed by atoms with Gasteiger partial charge in [-0.05, 0) is 48.5 Å². The van der Waals surface area contributed by atoms with E-state index in [4.69, 9.17) is 9.31 Å². The highest BCUT2D eigenvalue weighted by Gasteiger charge is 2.51. The number of rotatable bonds is 3. The number of carbonyl (C=O) groups is 1. The number of carboxylic acid groups (broad SMARTS) is 1. The van der Waals surface area contributed by atoms with Gasteiger partial charge in [0.25, 0.3) is 0 Å². The molecule has 1 amide bonds. The second-order valence-electron chi connectivity index (χ2n) is 8.06. The van der Waals surface area contributed by atoms with E-state index in [9.17, 15) is 9.90 Å². The summed E-state index contributed by atoms with van der Waals surface area (Å²) in [6.45, 7) is 13.6. The van der Waals surface area contributed by atoms with E-state index < -0.39 is 30.0 Å². The third kappa shape index (κ3) is 3.70. The fourth-order valence-electron chi connectivity index (χ4n) is 2.28. The van der Waals surface area contributed by atoms with Crippen molar-refractivity contribution in [3.63, 3.8) is 0 Å². The fraction of sp³-hybridized carbons (Fsp3) is 0.688. The van der Waals surface area contributed by atoms with Gasteiger partial charge >= 0.3 is 13.2 Å². The third-order valence-corrected chi connectivity index (χ3v) is 4.59. The van der Waals surface area contributed by atoms with Crippen LogP contribution in [0.4, 0.5) is 4.79 Å². The van der Waals surface area contributed by atoms with Gasteiger partial charge in [-0.15, -0.1) is 0 Å². The molecule has 2 rings (SSSR count). The Kier molecular flexibility index (Phi) is 4.67. The lowest BCUT2D eigenvalue weighted by molar-refractivity contribution is 0.00578. The molecule has 7 nitrogen and oxygen atoms in total. The van der Waals surface area contributed by atoms with Crippen LogP contribution < -0.4 is 5.46 Å². The van der Waals surface area contributed by atoms with Gasteiger partial charge in [-0.25, -0.2) is 14.8 Å². The van der Waals surface area contributed by atoms with Crippen LogP contribution in [0.25, 0.3) is 0 Å². The molecule has 0 bridgehead atoms. The first kappa shape index (κ1) is 18.7. The van der Waals surface area contributed by atoms with Crippen molar-refractivity contribution in [2.24, 2.45) is 0 Å². The van der Waals surface area contributed by atoms with Gasteiger partial charge in [0.05, 0.1) is 17.7 Å². The van der Waals surface area contributed by atoms with Crippen LogP contribution in [0.1, 0.15) is 54.3 Å². The third-order valence-electron chi connectivity index (χ3n) is 4.59. The summed E-state index contributed by atoms with van der Waals surface area (Å²) < 4.78 is 11.9. The van der Waals surface area contributed by atoms with Crippen LogP contribution in [0.15, 0.2) is 12.4 Å². The molecule has 1 N–H and O–H groups in total. The summed E-state index contributed by atoms with van der Waals surface area (Å²) in [4.78, 5) is 21.3. The second-order valence-corrected chi connectivity index (χ2v) is 8.06. The molecule has 0 unspecified atom stereocenters. The Morgan fingerprint density at radius 1 is 1.17 bits per heavy atom. The van der Waals surface area contributed by atoms with E-state index in [0.717, 1.165) is 5.46 Å². The zero-order valence-electron chi connectivity index (χ0n) is 15.5. The first-order valence-electron chi connectivity index (χ1n) is 8.00. The minimum atomic E-state index is -0.999. The number of nitrogens with zero attached hydrogens (tertiary/aromatic N) is 3. The molecule has 0 aliphatic carbocycles. The maximum absolute atomic E-state index is 11.4. The maximum atomic E-state index is 11.4. The summed E-state index contributed by atoms with van der Waals surface area (Å²) in [5.74, 6) is 0.438. The van der Waals surface area contributed by atoms with Crippen LogP contribution in [0, 0.1) is 0 Å². The van der Waals surface area contributed by atoms with Crippen molar-refractivity contribution in [3.05, 3.63) is 18.2 Å². The lowest BCUT2D eigenvalue weighted by atomic mass is 9.81. The highest BCUT2D eigenvalue weighted by Crippen LogP contribution is 2.36. The minimum absolute atomic E-state index is 0.127. The highest BCUT2D eigenvalue weighted by molar-refractivity contribution is 6.61. The fourth-order valence-corrected chi connectivity index (χ4v) is 2.28. The van der Waals surface area contributed by atoms with Crippen molar-refractivity contribution in [2.75, 3.05) is 0 Å². The highest BCUT2D eigenvalue weighted by atomic mass is 16.7. The largest absolute Gasteiger partial charge is 0.498 e. The van der Waals surface area contributed by atoms with Gasteiger partial charge < -0.3 is 14.4 Å². The summed E-state index contributed by atoms with van der Waals surface area (Å²) in [6.07, 6.45) is 2.27. The lowest BCUT2D eigenvalue weighted by Gasteiger charge is -2.32. The van der Waals surface area contributed by atoms with E-state index in [1.165, 1.54) is 4.90 Å². The molecular weight excluding hydrogens is 309 g/mol. The van der Waals surface area contributed by atoms with Gasteiger partial charge in [-0.3, -0.25) is 4.90 Å². The van der Waals surface area contributed by atoms with Gasteiger partial charge in [-0.1, -0.05) is 0 Å². The van der Waals surface area contributed by atoms with Crippen LogP contribution in [0.5, 0.6) is 0 Å². The molecule has 2 heterocycles. The monoisotopic (exact) mass is 335 g/mol. The normalized spacial score (nSPS) is 19.4. The van der Waals surface area contributed by atoms with E-state index in [0.29, 0.717) is 5.82 Å². The van der Waals surface area contributed by atoms with Gasteiger partial charge in [-0.2, -0.15) is 0 Å². The summed E-state index contributed by atoms with van der Waals surface area (Å²) in [5.41, 5.74) is -0.666. The SMILES string of the molecule is CC(C)(C)N(Cc1ncc(B2OC(C)(C)C(C)(C)O2)cn1)C(=O)O. The van der Waals surface area contributed by atoms with Gasteiger partial charge in [0.2, 0.25) is 0 Å². The standard InChI is InChI=1S/C16H26BN3O4/c1-14(2,3)20(13(21)22)10-12-18-8-11(9-19-12)17-23-15(4,5)16(6,7)24-17/h8-9H,10H2,1-7H3,(H,21,22). The van der Waals surface area contributed by atoms with Crippen LogP contribution in [0.2, 0.25) is 0 Å². The molecule has 0 atom stereocenters. The number of hydrogen-bond donors (Lipinski definition) is 1. The van der Waals surface area contributed by atoms with E-state index >= 15 is 0 Å². The average Bonchev–Trinajstić information content (AvgIpc) is 2.64. The van der Waals surface area contributed by atoms with Crippen LogP contribution in [-0.2, 0) is 15.9 Å². The molecule has 1 aliphatic rings. The molecule has 1 aromatic heterocycles. The Morgan fingerprint density at radius 2 is 1.62 bits per heavy atom. The van der Waals surface area contributed by atoms with Crippen molar-refractivity contribution in [3.8, 4) is 0 Å². The molecule has 0 radical (unpaired) electrons. The molecule has 0 aromatic carbocycles. The Morgan fingerprint density at radius 3 is 2.00 bits per heavy atom. The lowest BCUT2D eigenvalue weighted by Crippen LogP contribution is -2.44. The van der Waals surface area contributed by atoms with Crippen molar-refractivity contribution in [2.45, 2.75) is 71.8 Å². The second kappa shape index (κ2) is 6.00. The molecule has 24 heavy (non-hydrogen) atoms. The molecule has 0 spiro atoms. The summed E-state index contributed by atoms with van der Waals surface area (Å²) >= 11 is 0. The zero-order valence-corrected chi connectivity index (χ0v) is 15.5. The predicted octanol–water partition coefficient (Wildman–Crippen LogP) is 2.05. The maximum Gasteiger partial charge on any atom is 0.498 e. The molecule has 132 valence electrons. The Labute approximate surface area is 143 Å². The number of hydrogen-bond acceptors (Lipinski definition) is 5. The molecule has 1 fully saturated rings. The Bertz CT molecular complexity index is 595. The number of aromatic nitrogens is 2. The van der Waals surface area contributed by atoms with Gasteiger partial charge in [0.1, 0.15) is 5.82 Å². The summed E-state index contributed by atoms with van der Waals surface area (Å²) in [7, 11) is -0.526. The van der Waals surface area contributed by atoms with Crippen LogP contribution in [0.3, 0.4) is 0 Å². The van der Waals surface area contributed by atoms with Crippen molar-refractivity contribution < 1.29 is 19.2 Å². The molecule has 1 aliphatic heterocycles. The molecule has 1 saturated heterocycles. The van der Waals surface area contributed by atoms with Crippen LogP contribution in [-0.4, -0.2) is 49.9 Å². The van der Waals surface area contributed by atoms with Crippen molar-refractivity contribution in [1.29, 1.82) is 0 Å². The predicted molar refractivity (Wildman–Crippen MR) is 91.1 cm³/mol. The van der Waals surface area contributed by atoms with E-state index in [2.05, 4.69) is 9.97 Å². The number of amides is 1. The first-order valence-corrected chi connectivity index (χ1v) is 8.00. The smallest absolute Gasteiger partial charge is 0.465 e.